The van der Waals surface area contributed by atoms with E-state index in [-0.39, 0.29) is 12.7 Å². The second kappa shape index (κ2) is 5.06. The molecule has 7 nitrogen and oxygen atoms in total. The van der Waals surface area contributed by atoms with Crippen molar-refractivity contribution in [1.82, 2.24) is 4.98 Å². The van der Waals surface area contributed by atoms with Gasteiger partial charge in [-0.25, -0.2) is 10.8 Å². The van der Waals surface area contributed by atoms with Crippen molar-refractivity contribution in [2.24, 2.45) is 5.84 Å². The van der Waals surface area contributed by atoms with Crippen molar-refractivity contribution in [1.29, 1.82) is 0 Å². The van der Waals surface area contributed by atoms with E-state index in [2.05, 4.69) is 15.7 Å². The number of fused-ring (bicyclic) bond motifs is 1. The van der Waals surface area contributed by atoms with E-state index < -0.39 is 0 Å². The molecule has 0 unspecified atom stereocenters. The maximum atomic E-state index is 12.1. The van der Waals surface area contributed by atoms with Crippen molar-refractivity contribution in [3.63, 3.8) is 0 Å². The van der Waals surface area contributed by atoms with Crippen LogP contribution in [0.25, 0.3) is 0 Å². The number of hydrazine groups is 1. The Hall–Kier alpha value is -2.80. The van der Waals surface area contributed by atoms with E-state index in [1.165, 1.54) is 6.20 Å². The number of hydrogen-bond acceptors (Lipinski definition) is 6. The highest BCUT2D eigenvalue weighted by atomic mass is 16.7. The lowest BCUT2D eigenvalue weighted by Crippen LogP contribution is -2.14. The minimum atomic E-state index is -0.261. The first-order valence-electron chi connectivity index (χ1n) is 5.90. The van der Waals surface area contributed by atoms with E-state index >= 15 is 0 Å². The van der Waals surface area contributed by atoms with E-state index in [1.807, 2.05) is 0 Å². The van der Waals surface area contributed by atoms with E-state index in [1.54, 1.807) is 30.3 Å². The molecule has 0 bridgehead atoms. The number of pyridine rings is 1. The summed E-state index contributed by atoms with van der Waals surface area (Å²) in [6, 6.07) is 8.36. The minimum Gasteiger partial charge on any atom is -0.454 e. The van der Waals surface area contributed by atoms with E-state index in [0.717, 1.165) is 0 Å². The number of hydrogen-bond donors (Lipinski definition) is 3. The zero-order chi connectivity index (χ0) is 13.9. The number of nitrogen functional groups attached to an aromatic ring is 1. The normalized spacial score (nSPS) is 12.1. The summed E-state index contributed by atoms with van der Waals surface area (Å²) >= 11 is 0. The molecule has 1 aliphatic heterocycles. The largest absolute Gasteiger partial charge is 0.454 e. The molecule has 0 fully saturated rings. The van der Waals surface area contributed by atoms with Crippen molar-refractivity contribution in [2.45, 2.75) is 0 Å². The van der Waals surface area contributed by atoms with E-state index in [4.69, 9.17) is 15.3 Å². The first-order chi connectivity index (χ1) is 9.76. The molecule has 2 aromatic rings. The lowest BCUT2D eigenvalue weighted by Gasteiger charge is -2.07. The fraction of sp³-hybridized carbons (Fsp3) is 0.0769. The van der Waals surface area contributed by atoms with Crippen LogP contribution in [0.2, 0.25) is 0 Å². The molecule has 20 heavy (non-hydrogen) atoms. The number of aromatic nitrogens is 1. The number of anilines is 2. The van der Waals surface area contributed by atoms with Crippen LogP contribution in [-0.4, -0.2) is 17.7 Å². The van der Waals surface area contributed by atoms with Gasteiger partial charge in [0.05, 0.1) is 0 Å². The van der Waals surface area contributed by atoms with Gasteiger partial charge >= 0.3 is 0 Å². The van der Waals surface area contributed by atoms with Crippen molar-refractivity contribution < 1.29 is 14.3 Å². The third-order valence-corrected chi connectivity index (χ3v) is 2.80. The quantitative estimate of drug-likeness (QED) is 0.576. The summed E-state index contributed by atoms with van der Waals surface area (Å²) in [7, 11) is 0. The zero-order valence-electron chi connectivity index (χ0n) is 10.4. The van der Waals surface area contributed by atoms with Crippen LogP contribution in [0.1, 0.15) is 10.4 Å². The molecule has 1 aromatic heterocycles. The molecule has 102 valence electrons. The van der Waals surface area contributed by atoms with Crippen LogP contribution in [0.4, 0.5) is 11.5 Å². The number of benzene rings is 1. The SMILES string of the molecule is NNc1cc(C(=O)Nc2ccc3c(c2)OCO3)ccn1. The summed E-state index contributed by atoms with van der Waals surface area (Å²) < 4.78 is 10.5. The van der Waals surface area contributed by atoms with Gasteiger partial charge in [0, 0.05) is 23.5 Å². The topological polar surface area (TPSA) is 98.5 Å². The summed E-state index contributed by atoms with van der Waals surface area (Å²) in [5.74, 6) is 6.70. The summed E-state index contributed by atoms with van der Waals surface area (Å²) in [5.41, 5.74) is 3.47. The van der Waals surface area contributed by atoms with Crippen molar-refractivity contribution in [3.8, 4) is 11.5 Å². The Kier molecular flexibility index (Phi) is 3.10. The van der Waals surface area contributed by atoms with Gasteiger partial charge in [-0.05, 0) is 24.3 Å². The molecule has 1 amide bonds. The average molecular weight is 272 g/mol. The number of nitrogens with one attached hydrogen (secondary N) is 2. The molecule has 0 radical (unpaired) electrons. The summed E-state index contributed by atoms with van der Waals surface area (Å²) in [6.45, 7) is 0.197. The van der Waals surface area contributed by atoms with Gasteiger partial charge in [-0.15, -0.1) is 0 Å². The Morgan fingerprint density at radius 1 is 1.20 bits per heavy atom. The zero-order valence-corrected chi connectivity index (χ0v) is 10.4. The highest BCUT2D eigenvalue weighted by molar-refractivity contribution is 6.04. The molecule has 0 saturated heterocycles. The van der Waals surface area contributed by atoms with Gasteiger partial charge in [0.1, 0.15) is 5.82 Å². The average Bonchev–Trinajstić information content (AvgIpc) is 2.95. The number of ether oxygens (including phenoxy) is 2. The Labute approximate surface area is 114 Å². The molecule has 0 atom stereocenters. The molecule has 1 aliphatic rings. The summed E-state index contributed by atoms with van der Waals surface area (Å²) in [4.78, 5) is 16.0. The van der Waals surface area contributed by atoms with Crippen LogP contribution in [0.15, 0.2) is 36.5 Å². The molecule has 7 heteroatoms. The van der Waals surface area contributed by atoms with Gasteiger partial charge in [-0.1, -0.05) is 0 Å². The Bertz CT molecular complexity index is 660. The molecule has 4 N–H and O–H groups in total. The molecule has 0 aliphatic carbocycles. The second-order valence-corrected chi connectivity index (χ2v) is 4.10. The number of nitrogens with two attached hydrogens (primary N) is 1. The van der Waals surface area contributed by atoms with Gasteiger partial charge in [-0.2, -0.15) is 0 Å². The summed E-state index contributed by atoms with van der Waals surface area (Å²) in [5, 5.41) is 2.77. The van der Waals surface area contributed by atoms with Gasteiger partial charge in [0.15, 0.2) is 11.5 Å². The van der Waals surface area contributed by atoms with Crippen LogP contribution >= 0.6 is 0 Å². The second-order valence-electron chi connectivity index (χ2n) is 4.10. The predicted octanol–water partition coefficient (Wildman–Crippen LogP) is 1.35. The van der Waals surface area contributed by atoms with Crippen LogP contribution in [0, 0.1) is 0 Å². The lowest BCUT2D eigenvalue weighted by molar-refractivity contribution is 0.102. The minimum absolute atomic E-state index is 0.197. The molecule has 0 saturated carbocycles. The molecule has 0 spiro atoms. The fourth-order valence-corrected chi connectivity index (χ4v) is 1.83. The van der Waals surface area contributed by atoms with Crippen molar-refractivity contribution in [3.05, 3.63) is 42.1 Å². The Balaban J connectivity index is 1.78. The monoisotopic (exact) mass is 272 g/mol. The van der Waals surface area contributed by atoms with Crippen LogP contribution in [0.5, 0.6) is 11.5 Å². The van der Waals surface area contributed by atoms with Gasteiger partial charge < -0.3 is 20.2 Å². The van der Waals surface area contributed by atoms with Crippen LogP contribution in [-0.2, 0) is 0 Å². The highest BCUT2D eigenvalue weighted by Gasteiger charge is 2.14. The number of amides is 1. The van der Waals surface area contributed by atoms with Crippen molar-refractivity contribution >= 4 is 17.4 Å². The molecular weight excluding hydrogens is 260 g/mol. The maximum Gasteiger partial charge on any atom is 0.255 e. The fourth-order valence-electron chi connectivity index (χ4n) is 1.83. The smallest absolute Gasteiger partial charge is 0.255 e. The van der Waals surface area contributed by atoms with Crippen LogP contribution in [0.3, 0.4) is 0 Å². The van der Waals surface area contributed by atoms with Crippen LogP contribution < -0.4 is 26.1 Å². The number of nitrogens with zero attached hydrogens (tertiary/aromatic N) is 1. The van der Waals surface area contributed by atoms with Gasteiger partial charge in [-0.3, -0.25) is 4.79 Å². The Morgan fingerprint density at radius 3 is 2.90 bits per heavy atom. The molecular formula is C13H12N4O3. The third kappa shape index (κ3) is 2.34. The van der Waals surface area contributed by atoms with E-state index in [0.29, 0.717) is 28.6 Å². The highest BCUT2D eigenvalue weighted by Crippen LogP contribution is 2.34. The molecule has 1 aromatic carbocycles. The van der Waals surface area contributed by atoms with Crippen molar-refractivity contribution in [2.75, 3.05) is 17.5 Å². The standard InChI is InChI=1S/C13H12N4O3/c14-17-12-5-8(3-4-15-12)13(18)16-9-1-2-10-11(6-9)20-7-19-10/h1-6H,7,14H2,(H,15,17)(H,16,18). The molecule has 3 rings (SSSR count). The summed E-state index contributed by atoms with van der Waals surface area (Å²) in [6.07, 6.45) is 1.50. The first kappa shape index (κ1) is 12.2. The number of carbonyl (C=O) groups is 1. The van der Waals surface area contributed by atoms with E-state index in [9.17, 15) is 4.79 Å². The third-order valence-electron chi connectivity index (χ3n) is 2.80. The lowest BCUT2D eigenvalue weighted by atomic mass is 10.2. The number of carbonyl (C=O) groups excluding carboxylic acids is 1. The predicted molar refractivity (Wildman–Crippen MR) is 72.6 cm³/mol. The van der Waals surface area contributed by atoms with Gasteiger partial charge in [0.2, 0.25) is 6.79 Å². The maximum absolute atomic E-state index is 12.1. The molecule has 2 heterocycles. The van der Waals surface area contributed by atoms with Gasteiger partial charge in [0.25, 0.3) is 5.91 Å². The Morgan fingerprint density at radius 2 is 2.05 bits per heavy atom. The number of rotatable bonds is 3. The first-order valence-corrected chi connectivity index (χ1v) is 5.90.